The molecule has 1 aromatic rings. The number of aromatic nitrogens is 2. The molecule has 84 valence electrons. The van der Waals surface area contributed by atoms with Crippen molar-refractivity contribution in [3.05, 3.63) is 12.4 Å². The van der Waals surface area contributed by atoms with Gasteiger partial charge in [-0.2, -0.15) is 0 Å². The fourth-order valence-corrected chi connectivity index (χ4v) is 1.12. The van der Waals surface area contributed by atoms with E-state index in [1.807, 2.05) is 6.92 Å². The first kappa shape index (κ1) is 11.7. The number of nitrogen functional groups attached to an aromatic ring is 1. The van der Waals surface area contributed by atoms with Gasteiger partial charge in [-0.3, -0.25) is 0 Å². The number of rotatable bonds is 5. The van der Waals surface area contributed by atoms with Gasteiger partial charge in [-0.05, 0) is 6.42 Å². The molecule has 0 saturated carbocycles. The van der Waals surface area contributed by atoms with Crippen molar-refractivity contribution in [2.24, 2.45) is 0 Å². The molecule has 1 rings (SSSR count). The zero-order valence-electron chi connectivity index (χ0n) is 8.64. The van der Waals surface area contributed by atoms with Crippen molar-refractivity contribution in [2.75, 3.05) is 24.3 Å². The molecule has 0 saturated heterocycles. The van der Waals surface area contributed by atoms with E-state index in [1.54, 1.807) is 0 Å². The van der Waals surface area contributed by atoms with Crippen LogP contribution in [0.3, 0.4) is 0 Å². The van der Waals surface area contributed by atoms with Crippen LogP contribution in [0, 0.1) is 0 Å². The van der Waals surface area contributed by atoms with Gasteiger partial charge in [0, 0.05) is 0 Å². The summed E-state index contributed by atoms with van der Waals surface area (Å²) in [6, 6.07) is 0. The van der Waals surface area contributed by atoms with Gasteiger partial charge in [0.2, 0.25) is 0 Å². The summed E-state index contributed by atoms with van der Waals surface area (Å²) in [5.41, 5.74) is 4.63. The van der Waals surface area contributed by atoms with Crippen LogP contribution in [0.25, 0.3) is 0 Å². The fraction of sp³-hybridized carbons (Fsp3) is 0.556. The third kappa shape index (κ3) is 2.77. The molecule has 0 aliphatic rings. The number of hydrogen-bond donors (Lipinski definition) is 4. The average Bonchev–Trinajstić information content (AvgIpc) is 2.29. The van der Waals surface area contributed by atoms with Gasteiger partial charge in [-0.1, -0.05) is 6.92 Å². The number of nitrogens with two attached hydrogens (primary N) is 1. The molecule has 1 heterocycles. The lowest BCUT2D eigenvalue weighted by Crippen LogP contribution is -2.45. The van der Waals surface area contributed by atoms with Crippen LogP contribution in [-0.4, -0.2) is 38.9 Å². The monoisotopic (exact) mass is 212 g/mol. The number of aliphatic hydroxyl groups is 2. The molecule has 0 unspecified atom stereocenters. The van der Waals surface area contributed by atoms with Crippen molar-refractivity contribution in [3.8, 4) is 0 Å². The highest BCUT2D eigenvalue weighted by molar-refractivity contribution is 5.38. The Bertz CT molecular complexity index is 289. The Balaban J connectivity index is 2.78. The second kappa shape index (κ2) is 4.90. The minimum Gasteiger partial charge on any atom is -0.394 e. The van der Waals surface area contributed by atoms with E-state index in [-0.39, 0.29) is 13.2 Å². The number of nitrogens with zero attached hydrogens (tertiary/aromatic N) is 2. The zero-order chi connectivity index (χ0) is 11.3. The highest BCUT2D eigenvalue weighted by atomic mass is 16.3. The summed E-state index contributed by atoms with van der Waals surface area (Å²) in [5.74, 6) is 0.810. The van der Waals surface area contributed by atoms with E-state index in [0.29, 0.717) is 18.1 Å². The van der Waals surface area contributed by atoms with E-state index in [2.05, 4.69) is 15.3 Å². The van der Waals surface area contributed by atoms with E-state index in [0.717, 1.165) is 0 Å². The second-order valence-corrected chi connectivity index (χ2v) is 3.40. The van der Waals surface area contributed by atoms with E-state index in [4.69, 9.17) is 5.73 Å². The SMILES string of the molecule is CCC(CO)(CO)Nc1cnc(N)cn1. The molecular formula is C9H16N4O2. The van der Waals surface area contributed by atoms with Gasteiger partial charge in [0.05, 0.1) is 31.1 Å². The van der Waals surface area contributed by atoms with Gasteiger partial charge in [-0.25, -0.2) is 9.97 Å². The summed E-state index contributed by atoms with van der Waals surface area (Å²) in [6.07, 6.45) is 3.45. The van der Waals surface area contributed by atoms with E-state index >= 15 is 0 Å². The maximum Gasteiger partial charge on any atom is 0.145 e. The lowest BCUT2D eigenvalue weighted by molar-refractivity contribution is 0.132. The molecule has 0 aromatic carbocycles. The van der Waals surface area contributed by atoms with Gasteiger partial charge in [0.25, 0.3) is 0 Å². The van der Waals surface area contributed by atoms with Crippen LogP contribution >= 0.6 is 0 Å². The smallest absolute Gasteiger partial charge is 0.145 e. The Morgan fingerprint density at radius 3 is 2.40 bits per heavy atom. The summed E-state index contributed by atoms with van der Waals surface area (Å²) in [6.45, 7) is 1.52. The average molecular weight is 212 g/mol. The van der Waals surface area contributed by atoms with Gasteiger partial charge in [0.1, 0.15) is 11.6 Å². The van der Waals surface area contributed by atoms with E-state index < -0.39 is 5.54 Å². The first-order valence-corrected chi connectivity index (χ1v) is 4.73. The van der Waals surface area contributed by atoms with Crippen LogP contribution in [0.1, 0.15) is 13.3 Å². The summed E-state index contributed by atoms with van der Waals surface area (Å²) in [7, 11) is 0. The molecule has 1 aromatic heterocycles. The van der Waals surface area contributed by atoms with Crippen molar-refractivity contribution in [3.63, 3.8) is 0 Å². The first-order valence-electron chi connectivity index (χ1n) is 4.73. The number of anilines is 2. The van der Waals surface area contributed by atoms with Crippen molar-refractivity contribution in [2.45, 2.75) is 18.9 Å². The standard InChI is InChI=1S/C9H16N4O2/c1-2-9(5-14,6-15)13-8-4-11-7(10)3-12-8/h3-4,14-15H,2,5-6H2,1H3,(H2,10,11)(H,12,13). The summed E-state index contributed by atoms with van der Waals surface area (Å²) >= 11 is 0. The Morgan fingerprint density at radius 1 is 1.33 bits per heavy atom. The molecule has 6 nitrogen and oxygen atoms in total. The second-order valence-electron chi connectivity index (χ2n) is 3.40. The van der Waals surface area contributed by atoms with Crippen LogP contribution in [0.4, 0.5) is 11.6 Å². The molecule has 0 aliphatic heterocycles. The lowest BCUT2D eigenvalue weighted by atomic mass is 9.99. The number of aliphatic hydroxyl groups excluding tert-OH is 2. The zero-order valence-corrected chi connectivity index (χ0v) is 8.64. The minimum absolute atomic E-state index is 0.175. The molecule has 0 spiro atoms. The topological polar surface area (TPSA) is 104 Å². The van der Waals surface area contributed by atoms with Gasteiger partial charge >= 0.3 is 0 Å². The lowest BCUT2D eigenvalue weighted by Gasteiger charge is -2.29. The largest absolute Gasteiger partial charge is 0.394 e. The molecule has 0 aliphatic carbocycles. The van der Waals surface area contributed by atoms with Gasteiger partial charge in [0.15, 0.2) is 0 Å². The van der Waals surface area contributed by atoms with E-state index in [9.17, 15) is 10.2 Å². The molecule has 5 N–H and O–H groups in total. The maximum absolute atomic E-state index is 9.20. The summed E-state index contributed by atoms with van der Waals surface area (Å²) < 4.78 is 0. The van der Waals surface area contributed by atoms with Crippen LogP contribution in [0.15, 0.2) is 12.4 Å². The first-order chi connectivity index (χ1) is 7.15. The van der Waals surface area contributed by atoms with Crippen LogP contribution in [0.5, 0.6) is 0 Å². The van der Waals surface area contributed by atoms with Crippen molar-refractivity contribution < 1.29 is 10.2 Å². The maximum atomic E-state index is 9.20. The predicted molar refractivity (Wildman–Crippen MR) is 57.3 cm³/mol. The Kier molecular flexibility index (Phi) is 3.81. The Hall–Kier alpha value is -1.40. The molecule has 0 bridgehead atoms. The molecule has 0 atom stereocenters. The quantitative estimate of drug-likeness (QED) is 0.529. The Morgan fingerprint density at radius 2 is 2.00 bits per heavy atom. The molecule has 0 radical (unpaired) electrons. The Labute approximate surface area is 88.2 Å². The third-order valence-electron chi connectivity index (χ3n) is 2.35. The predicted octanol–water partition coefficient (Wildman–Crippen LogP) is -0.396. The fourth-order valence-electron chi connectivity index (χ4n) is 1.12. The van der Waals surface area contributed by atoms with Crippen LogP contribution < -0.4 is 11.1 Å². The van der Waals surface area contributed by atoms with Crippen molar-refractivity contribution in [1.29, 1.82) is 0 Å². The van der Waals surface area contributed by atoms with Gasteiger partial charge in [-0.15, -0.1) is 0 Å². The van der Waals surface area contributed by atoms with E-state index in [1.165, 1.54) is 12.4 Å². The third-order valence-corrected chi connectivity index (χ3v) is 2.35. The molecule has 0 amide bonds. The summed E-state index contributed by atoms with van der Waals surface area (Å²) in [5, 5.41) is 21.3. The highest BCUT2D eigenvalue weighted by Gasteiger charge is 2.26. The number of hydrogen-bond acceptors (Lipinski definition) is 6. The van der Waals surface area contributed by atoms with Crippen molar-refractivity contribution in [1.82, 2.24) is 9.97 Å². The highest BCUT2D eigenvalue weighted by Crippen LogP contribution is 2.15. The molecule has 15 heavy (non-hydrogen) atoms. The molecule has 6 heteroatoms. The summed E-state index contributed by atoms with van der Waals surface area (Å²) in [4.78, 5) is 7.84. The molecular weight excluding hydrogens is 196 g/mol. The molecule has 0 fully saturated rings. The normalized spacial score (nSPS) is 11.4. The van der Waals surface area contributed by atoms with Crippen LogP contribution in [0.2, 0.25) is 0 Å². The van der Waals surface area contributed by atoms with Crippen molar-refractivity contribution >= 4 is 11.6 Å². The minimum atomic E-state index is -0.759. The number of nitrogens with one attached hydrogen (secondary N) is 1. The van der Waals surface area contributed by atoms with Gasteiger partial charge < -0.3 is 21.3 Å². The van der Waals surface area contributed by atoms with Crippen LogP contribution in [-0.2, 0) is 0 Å².